The van der Waals surface area contributed by atoms with Crippen LogP contribution in [0.15, 0.2) is 42.6 Å². The molecule has 2 rings (SSSR count). The first-order valence-electron chi connectivity index (χ1n) is 6.61. The molecule has 4 nitrogen and oxygen atoms in total. The molecule has 4 heteroatoms. The van der Waals surface area contributed by atoms with Crippen molar-refractivity contribution in [3.05, 3.63) is 59.4 Å². The highest BCUT2D eigenvalue weighted by Crippen LogP contribution is 2.15. The van der Waals surface area contributed by atoms with Crippen molar-refractivity contribution in [3.63, 3.8) is 0 Å². The zero-order valence-electron chi connectivity index (χ0n) is 11.9. The number of ether oxygens (including phenoxy) is 2. The summed E-state index contributed by atoms with van der Waals surface area (Å²) in [6.45, 7) is 1.89. The van der Waals surface area contributed by atoms with Crippen LogP contribution in [0.4, 0.5) is 0 Å². The van der Waals surface area contributed by atoms with Gasteiger partial charge in [-0.2, -0.15) is 0 Å². The van der Waals surface area contributed by atoms with Gasteiger partial charge in [-0.25, -0.2) is 0 Å². The molecule has 106 valence electrons. The Morgan fingerprint density at radius 3 is 2.70 bits per heavy atom. The summed E-state index contributed by atoms with van der Waals surface area (Å²) in [6, 6.07) is 12.0. The van der Waals surface area contributed by atoms with Gasteiger partial charge in [-0.1, -0.05) is 18.2 Å². The molecule has 0 fully saturated rings. The summed E-state index contributed by atoms with van der Waals surface area (Å²) in [5.74, 6) is 0.834. The molecule has 0 aliphatic carbocycles. The van der Waals surface area contributed by atoms with Gasteiger partial charge in [-0.15, -0.1) is 0 Å². The van der Waals surface area contributed by atoms with E-state index in [0.29, 0.717) is 13.2 Å². The summed E-state index contributed by atoms with van der Waals surface area (Å²) in [5, 5.41) is 3.10. The van der Waals surface area contributed by atoms with Gasteiger partial charge in [-0.3, -0.25) is 4.98 Å². The predicted octanol–water partition coefficient (Wildman–Crippen LogP) is 2.53. The number of nitrogens with one attached hydrogen (secondary N) is 1. The van der Waals surface area contributed by atoms with Crippen LogP contribution in [0.5, 0.6) is 5.75 Å². The highest BCUT2D eigenvalue weighted by atomic mass is 16.5. The number of methoxy groups -OCH3 is 1. The Labute approximate surface area is 119 Å². The lowest BCUT2D eigenvalue weighted by Gasteiger charge is -2.08. The van der Waals surface area contributed by atoms with Crippen LogP contribution in [-0.2, 0) is 24.5 Å². The Morgan fingerprint density at radius 2 is 2.00 bits per heavy atom. The molecule has 0 saturated carbocycles. The first kappa shape index (κ1) is 14.5. The number of hydrogen-bond acceptors (Lipinski definition) is 4. The smallest absolute Gasteiger partial charge is 0.130 e. The molecule has 0 aliphatic rings. The minimum Gasteiger partial charge on any atom is -0.487 e. The van der Waals surface area contributed by atoms with Crippen molar-refractivity contribution < 1.29 is 9.47 Å². The molecule has 0 radical (unpaired) electrons. The first-order valence-corrected chi connectivity index (χ1v) is 6.61. The molecule has 1 aromatic heterocycles. The zero-order chi connectivity index (χ0) is 14.2. The molecule has 1 N–H and O–H groups in total. The summed E-state index contributed by atoms with van der Waals surface area (Å²) in [5.41, 5.74) is 3.18. The summed E-state index contributed by atoms with van der Waals surface area (Å²) >= 11 is 0. The van der Waals surface area contributed by atoms with Crippen molar-refractivity contribution in [1.82, 2.24) is 10.3 Å². The number of rotatable bonds is 7. The van der Waals surface area contributed by atoms with Gasteiger partial charge in [0.2, 0.25) is 0 Å². The third-order valence-electron chi connectivity index (χ3n) is 2.86. The van der Waals surface area contributed by atoms with E-state index in [1.807, 2.05) is 43.6 Å². The van der Waals surface area contributed by atoms with Crippen molar-refractivity contribution in [3.8, 4) is 5.75 Å². The van der Waals surface area contributed by atoms with Crippen LogP contribution < -0.4 is 10.1 Å². The fraction of sp³-hybridized carbons (Fsp3) is 0.312. The molecule has 0 atom stereocenters. The van der Waals surface area contributed by atoms with E-state index in [1.54, 1.807) is 7.11 Å². The second-order valence-electron chi connectivity index (χ2n) is 4.56. The second kappa shape index (κ2) is 7.62. The van der Waals surface area contributed by atoms with Crippen molar-refractivity contribution in [2.45, 2.75) is 19.8 Å². The van der Waals surface area contributed by atoms with E-state index in [0.717, 1.165) is 23.6 Å². The Morgan fingerprint density at radius 1 is 1.10 bits per heavy atom. The summed E-state index contributed by atoms with van der Waals surface area (Å²) in [6.07, 6.45) is 1.87. The molecular formula is C16H20N2O2. The molecule has 0 aliphatic heterocycles. The fourth-order valence-electron chi connectivity index (χ4n) is 1.90. The summed E-state index contributed by atoms with van der Waals surface area (Å²) < 4.78 is 10.9. The van der Waals surface area contributed by atoms with Crippen LogP contribution >= 0.6 is 0 Å². The highest BCUT2D eigenvalue weighted by Gasteiger charge is 2.00. The lowest BCUT2D eigenvalue weighted by molar-refractivity contribution is 0.184. The first-order chi connectivity index (χ1) is 9.81. The van der Waals surface area contributed by atoms with Gasteiger partial charge in [0.05, 0.1) is 12.3 Å². The van der Waals surface area contributed by atoms with Crippen LogP contribution in [0.1, 0.15) is 16.8 Å². The quantitative estimate of drug-likeness (QED) is 0.841. The Hall–Kier alpha value is -1.91. The SMILES string of the molecule is CNCc1ccc(COc2cccc(COC)c2)nc1. The standard InChI is InChI=1S/C16H20N2O2/c1-17-9-14-6-7-15(18-10-14)12-20-16-5-3-4-13(8-16)11-19-2/h3-8,10,17H,9,11-12H2,1-2H3. The van der Waals surface area contributed by atoms with Gasteiger partial charge in [-0.05, 0) is 36.4 Å². The maximum atomic E-state index is 5.75. The average molecular weight is 272 g/mol. The van der Waals surface area contributed by atoms with Crippen LogP contribution in [0, 0.1) is 0 Å². The molecule has 0 saturated heterocycles. The van der Waals surface area contributed by atoms with Gasteiger partial charge in [0.25, 0.3) is 0 Å². The normalized spacial score (nSPS) is 10.5. The largest absolute Gasteiger partial charge is 0.487 e. The molecule has 0 bridgehead atoms. The predicted molar refractivity (Wildman–Crippen MR) is 78.5 cm³/mol. The Bertz CT molecular complexity index is 526. The summed E-state index contributed by atoms with van der Waals surface area (Å²) in [7, 11) is 3.61. The molecule has 1 heterocycles. The van der Waals surface area contributed by atoms with Gasteiger partial charge in [0.15, 0.2) is 0 Å². The zero-order valence-corrected chi connectivity index (χ0v) is 11.9. The van der Waals surface area contributed by atoms with E-state index in [4.69, 9.17) is 9.47 Å². The third kappa shape index (κ3) is 4.33. The van der Waals surface area contributed by atoms with Crippen molar-refractivity contribution in [2.75, 3.05) is 14.2 Å². The summed E-state index contributed by atoms with van der Waals surface area (Å²) in [4.78, 5) is 4.38. The van der Waals surface area contributed by atoms with Crippen LogP contribution in [0.25, 0.3) is 0 Å². The van der Waals surface area contributed by atoms with Crippen molar-refractivity contribution in [1.29, 1.82) is 0 Å². The topological polar surface area (TPSA) is 43.4 Å². The number of hydrogen-bond donors (Lipinski definition) is 1. The van der Waals surface area contributed by atoms with E-state index < -0.39 is 0 Å². The van der Waals surface area contributed by atoms with E-state index in [9.17, 15) is 0 Å². The number of pyridine rings is 1. The Balaban J connectivity index is 1.92. The average Bonchev–Trinajstić information content (AvgIpc) is 2.48. The van der Waals surface area contributed by atoms with Gasteiger partial charge >= 0.3 is 0 Å². The lowest BCUT2D eigenvalue weighted by Crippen LogP contribution is -2.06. The van der Waals surface area contributed by atoms with Gasteiger partial charge in [0, 0.05) is 19.9 Å². The van der Waals surface area contributed by atoms with Gasteiger partial charge in [0.1, 0.15) is 12.4 Å². The van der Waals surface area contributed by atoms with E-state index >= 15 is 0 Å². The minimum absolute atomic E-state index is 0.469. The third-order valence-corrected chi connectivity index (χ3v) is 2.86. The van der Waals surface area contributed by atoms with E-state index in [1.165, 1.54) is 5.56 Å². The molecule has 2 aromatic rings. The maximum absolute atomic E-state index is 5.75. The van der Waals surface area contributed by atoms with Crippen LogP contribution in [0.3, 0.4) is 0 Å². The minimum atomic E-state index is 0.469. The van der Waals surface area contributed by atoms with Crippen molar-refractivity contribution in [2.24, 2.45) is 0 Å². The Kier molecular flexibility index (Phi) is 5.53. The highest BCUT2D eigenvalue weighted by molar-refractivity contribution is 5.28. The van der Waals surface area contributed by atoms with E-state index in [2.05, 4.69) is 16.4 Å². The maximum Gasteiger partial charge on any atom is 0.130 e. The van der Waals surface area contributed by atoms with Crippen LogP contribution in [-0.4, -0.2) is 19.1 Å². The number of benzene rings is 1. The second-order valence-corrected chi connectivity index (χ2v) is 4.56. The molecule has 0 spiro atoms. The fourth-order valence-corrected chi connectivity index (χ4v) is 1.90. The van der Waals surface area contributed by atoms with Gasteiger partial charge < -0.3 is 14.8 Å². The number of aromatic nitrogens is 1. The molecular weight excluding hydrogens is 252 g/mol. The monoisotopic (exact) mass is 272 g/mol. The van der Waals surface area contributed by atoms with Crippen LogP contribution in [0.2, 0.25) is 0 Å². The van der Waals surface area contributed by atoms with Crippen molar-refractivity contribution >= 4 is 0 Å². The molecule has 20 heavy (non-hydrogen) atoms. The lowest BCUT2D eigenvalue weighted by atomic mass is 10.2. The van der Waals surface area contributed by atoms with E-state index in [-0.39, 0.29) is 0 Å². The molecule has 0 amide bonds. The number of nitrogens with zero attached hydrogens (tertiary/aromatic N) is 1. The molecule has 1 aromatic carbocycles. The molecule has 0 unspecified atom stereocenters.